The summed E-state index contributed by atoms with van der Waals surface area (Å²) in [6.45, 7) is 0. The van der Waals surface area contributed by atoms with Crippen molar-refractivity contribution in [3.05, 3.63) is 74.1 Å². The van der Waals surface area contributed by atoms with Gasteiger partial charge in [-0.2, -0.15) is 10.2 Å². The second-order valence-corrected chi connectivity index (χ2v) is 5.57. The maximum atomic E-state index is 12.2. The average molecular weight is 361 g/mol. The highest BCUT2D eigenvalue weighted by molar-refractivity contribution is 6.43. The van der Waals surface area contributed by atoms with E-state index in [1.165, 1.54) is 6.21 Å². The van der Waals surface area contributed by atoms with Crippen LogP contribution in [0.25, 0.3) is 10.8 Å². The molecule has 1 aromatic heterocycles. The fraction of sp³-hybridized carbons (Fsp3) is 0. The van der Waals surface area contributed by atoms with Crippen molar-refractivity contribution in [1.29, 1.82) is 0 Å². The van der Waals surface area contributed by atoms with Crippen LogP contribution in [0.1, 0.15) is 16.1 Å². The lowest BCUT2D eigenvalue weighted by atomic mass is 10.1. The highest BCUT2D eigenvalue weighted by Gasteiger charge is 2.13. The zero-order valence-electron chi connectivity index (χ0n) is 12.1. The van der Waals surface area contributed by atoms with Gasteiger partial charge in [0.2, 0.25) is 0 Å². The molecule has 0 unspecified atom stereocenters. The number of benzene rings is 2. The van der Waals surface area contributed by atoms with Gasteiger partial charge in [0.25, 0.3) is 11.5 Å². The smallest absolute Gasteiger partial charge is 0.267 e. The molecular formula is C16H10Cl2N4O2. The van der Waals surface area contributed by atoms with E-state index in [9.17, 15) is 9.59 Å². The first-order valence-corrected chi connectivity index (χ1v) is 7.58. The molecule has 3 rings (SSSR count). The molecule has 120 valence electrons. The summed E-state index contributed by atoms with van der Waals surface area (Å²) in [7, 11) is 0. The predicted molar refractivity (Wildman–Crippen MR) is 93.9 cm³/mol. The zero-order chi connectivity index (χ0) is 17.1. The minimum absolute atomic E-state index is 0.0690. The molecule has 0 fully saturated rings. The number of carbonyl (C=O) groups is 1. The van der Waals surface area contributed by atoms with Gasteiger partial charge in [-0.15, -0.1) is 0 Å². The minimum atomic E-state index is -0.558. The van der Waals surface area contributed by atoms with Gasteiger partial charge in [-0.25, -0.2) is 10.5 Å². The SMILES string of the molecule is O=C(N/N=C\c1cccc(Cl)c1Cl)c1n[nH]c(=O)c2ccccc12. The third-order valence-corrected chi connectivity index (χ3v) is 4.10. The largest absolute Gasteiger partial charge is 0.292 e. The van der Waals surface area contributed by atoms with E-state index in [2.05, 4.69) is 20.7 Å². The Morgan fingerprint density at radius 2 is 1.88 bits per heavy atom. The van der Waals surface area contributed by atoms with E-state index < -0.39 is 5.91 Å². The summed E-state index contributed by atoms with van der Waals surface area (Å²) >= 11 is 11.9. The van der Waals surface area contributed by atoms with E-state index in [1.54, 1.807) is 42.5 Å². The Morgan fingerprint density at radius 1 is 1.12 bits per heavy atom. The van der Waals surface area contributed by atoms with E-state index in [-0.39, 0.29) is 11.3 Å². The summed E-state index contributed by atoms with van der Waals surface area (Å²) in [5.41, 5.74) is 2.61. The lowest BCUT2D eigenvalue weighted by Gasteiger charge is -2.03. The molecule has 0 bridgehead atoms. The molecule has 0 aliphatic heterocycles. The molecule has 0 radical (unpaired) electrons. The number of carbonyl (C=O) groups excluding carboxylic acids is 1. The van der Waals surface area contributed by atoms with Gasteiger partial charge in [0.05, 0.1) is 21.6 Å². The number of nitrogens with zero attached hydrogens (tertiary/aromatic N) is 2. The number of H-pyrrole nitrogens is 1. The number of hydrogen-bond acceptors (Lipinski definition) is 4. The number of halogens is 2. The molecular weight excluding hydrogens is 351 g/mol. The van der Waals surface area contributed by atoms with Crippen LogP contribution in [0.2, 0.25) is 10.0 Å². The van der Waals surface area contributed by atoms with Crippen LogP contribution in [-0.2, 0) is 0 Å². The number of nitrogens with one attached hydrogen (secondary N) is 2. The van der Waals surface area contributed by atoms with Gasteiger partial charge >= 0.3 is 0 Å². The third-order valence-electron chi connectivity index (χ3n) is 3.26. The molecule has 0 aliphatic rings. The molecule has 1 amide bonds. The standard InChI is InChI=1S/C16H10Cl2N4O2/c17-12-7-3-4-9(13(12)18)8-19-21-16(24)14-10-5-1-2-6-11(10)15(23)22-20-14/h1-8H,(H,21,24)(H,22,23)/b19-8-. The quantitative estimate of drug-likeness (QED) is 0.555. The zero-order valence-corrected chi connectivity index (χ0v) is 13.6. The number of amides is 1. The maximum Gasteiger partial charge on any atom is 0.292 e. The Balaban J connectivity index is 1.86. The molecule has 1 heterocycles. The van der Waals surface area contributed by atoms with Crippen molar-refractivity contribution in [3.63, 3.8) is 0 Å². The summed E-state index contributed by atoms with van der Waals surface area (Å²) in [4.78, 5) is 24.0. The monoisotopic (exact) mass is 360 g/mol. The van der Waals surface area contributed by atoms with Gasteiger partial charge in [-0.1, -0.05) is 53.5 Å². The van der Waals surface area contributed by atoms with Crippen molar-refractivity contribution in [3.8, 4) is 0 Å². The molecule has 24 heavy (non-hydrogen) atoms. The van der Waals surface area contributed by atoms with Crippen molar-refractivity contribution in [2.24, 2.45) is 5.10 Å². The topological polar surface area (TPSA) is 87.2 Å². The van der Waals surface area contributed by atoms with Gasteiger partial charge in [-0.3, -0.25) is 9.59 Å². The van der Waals surface area contributed by atoms with Crippen molar-refractivity contribution in [1.82, 2.24) is 15.6 Å². The fourth-order valence-corrected chi connectivity index (χ4v) is 2.48. The minimum Gasteiger partial charge on any atom is -0.267 e. The Labute approximate surface area is 146 Å². The molecule has 2 N–H and O–H groups in total. The molecule has 0 atom stereocenters. The summed E-state index contributed by atoms with van der Waals surface area (Å²) in [5, 5.41) is 11.5. The van der Waals surface area contributed by atoms with Crippen LogP contribution in [0, 0.1) is 0 Å². The van der Waals surface area contributed by atoms with Gasteiger partial charge in [-0.05, 0) is 12.1 Å². The second kappa shape index (κ2) is 6.82. The van der Waals surface area contributed by atoms with E-state index in [4.69, 9.17) is 23.2 Å². The highest BCUT2D eigenvalue weighted by atomic mass is 35.5. The van der Waals surface area contributed by atoms with Crippen molar-refractivity contribution in [2.45, 2.75) is 0 Å². The summed E-state index contributed by atoms with van der Waals surface area (Å²) in [6, 6.07) is 11.8. The van der Waals surface area contributed by atoms with Crippen LogP contribution >= 0.6 is 23.2 Å². The van der Waals surface area contributed by atoms with E-state index in [0.29, 0.717) is 26.4 Å². The summed E-state index contributed by atoms with van der Waals surface area (Å²) in [5.74, 6) is -0.558. The molecule has 8 heteroatoms. The van der Waals surface area contributed by atoms with Crippen LogP contribution in [0.4, 0.5) is 0 Å². The number of rotatable bonds is 3. The van der Waals surface area contributed by atoms with E-state index in [1.807, 2.05) is 0 Å². The third kappa shape index (κ3) is 3.15. The van der Waals surface area contributed by atoms with Crippen molar-refractivity contribution in [2.75, 3.05) is 0 Å². The van der Waals surface area contributed by atoms with Crippen molar-refractivity contribution < 1.29 is 4.79 Å². The summed E-state index contributed by atoms with van der Waals surface area (Å²) < 4.78 is 0. The number of fused-ring (bicyclic) bond motifs is 1. The molecule has 3 aromatic rings. The average Bonchev–Trinajstić information content (AvgIpc) is 2.59. The van der Waals surface area contributed by atoms with Gasteiger partial charge in [0.1, 0.15) is 0 Å². The second-order valence-electron chi connectivity index (χ2n) is 4.79. The van der Waals surface area contributed by atoms with Crippen molar-refractivity contribution >= 4 is 46.1 Å². The number of hydrazone groups is 1. The van der Waals surface area contributed by atoms with Crippen LogP contribution < -0.4 is 11.0 Å². The van der Waals surface area contributed by atoms with Crippen LogP contribution in [0.15, 0.2) is 52.4 Å². The molecule has 0 saturated heterocycles. The van der Waals surface area contributed by atoms with E-state index >= 15 is 0 Å². The normalized spacial score (nSPS) is 11.1. The number of hydrogen-bond donors (Lipinski definition) is 2. The molecule has 0 spiro atoms. The van der Waals surface area contributed by atoms with Gasteiger partial charge < -0.3 is 0 Å². The molecule has 2 aromatic carbocycles. The molecule has 0 aliphatic carbocycles. The molecule has 6 nitrogen and oxygen atoms in total. The molecule has 0 saturated carbocycles. The number of aromatic nitrogens is 2. The van der Waals surface area contributed by atoms with Crippen LogP contribution in [-0.4, -0.2) is 22.3 Å². The first kappa shape index (κ1) is 16.2. The maximum absolute atomic E-state index is 12.2. The Morgan fingerprint density at radius 3 is 2.67 bits per heavy atom. The summed E-state index contributed by atoms with van der Waals surface area (Å²) in [6.07, 6.45) is 1.37. The van der Waals surface area contributed by atoms with Gasteiger partial charge in [0.15, 0.2) is 5.69 Å². The first-order chi connectivity index (χ1) is 11.6. The fourth-order valence-electron chi connectivity index (χ4n) is 2.12. The lowest BCUT2D eigenvalue weighted by Crippen LogP contribution is -2.22. The predicted octanol–water partition coefficient (Wildman–Crippen LogP) is 2.99. The first-order valence-electron chi connectivity index (χ1n) is 6.83. The highest BCUT2D eigenvalue weighted by Crippen LogP contribution is 2.24. The van der Waals surface area contributed by atoms with Crippen LogP contribution in [0.5, 0.6) is 0 Å². The Kier molecular flexibility index (Phi) is 4.59. The van der Waals surface area contributed by atoms with Crippen LogP contribution in [0.3, 0.4) is 0 Å². The van der Waals surface area contributed by atoms with E-state index in [0.717, 1.165) is 0 Å². The van der Waals surface area contributed by atoms with Gasteiger partial charge in [0, 0.05) is 10.9 Å². The Hall–Kier alpha value is -2.70. The lowest BCUT2D eigenvalue weighted by molar-refractivity contribution is 0.0951. The Bertz CT molecular complexity index is 1010. The number of aromatic amines is 1.